The van der Waals surface area contributed by atoms with E-state index in [1.165, 1.54) is 23.5 Å². The maximum Gasteiger partial charge on any atom is 0.327 e. The topological polar surface area (TPSA) is 151 Å². The molecular formula is C18H34N4O5S3. The van der Waals surface area contributed by atoms with E-state index in [4.69, 9.17) is 10.8 Å². The maximum atomic E-state index is 12.9. The average molecular weight is 483 g/mol. The molecule has 0 heterocycles. The van der Waals surface area contributed by atoms with Gasteiger partial charge in [0.25, 0.3) is 0 Å². The van der Waals surface area contributed by atoms with Crippen LogP contribution >= 0.6 is 36.2 Å². The van der Waals surface area contributed by atoms with Crippen molar-refractivity contribution in [2.24, 2.45) is 11.7 Å². The lowest BCUT2D eigenvalue weighted by Gasteiger charge is -2.25. The number of nitrogens with two attached hydrogens (primary N) is 1. The second kappa shape index (κ2) is 15.7. The fraction of sp³-hybridized carbons (Fsp3) is 0.778. The normalized spacial score (nSPS) is 15.0. The Labute approximate surface area is 192 Å². The molecule has 6 N–H and O–H groups in total. The van der Waals surface area contributed by atoms with Gasteiger partial charge >= 0.3 is 5.97 Å². The minimum absolute atomic E-state index is 0.0796. The number of aliphatic carboxylic acids is 1. The van der Waals surface area contributed by atoms with E-state index in [2.05, 4.69) is 28.6 Å². The Balaban J connectivity index is 5.32. The molecule has 0 bridgehead atoms. The van der Waals surface area contributed by atoms with Crippen molar-refractivity contribution in [3.05, 3.63) is 0 Å². The molecule has 0 aromatic rings. The summed E-state index contributed by atoms with van der Waals surface area (Å²) in [7, 11) is 0. The number of nitrogens with one attached hydrogen (secondary N) is 3. The molecule has 174 valence electrons. The van der Waals surface area contributed by atoms with Crippen molar-refractivity contribution in [1.82, 2.24) is 16.0 Å². The van der Waals surface area contributed by atoms with Gasteiger partial charge in [0.2, 0.25) is 17.7 Å². The van der Waals surface area contributed by atoms with E-state index in [-0.39, 0.29) is 11.7 Å². The Morgan fingerprint density at radius 3 is 1.60 bits per heavy atom. The summed E-state index contributed by atoms with van der Waals surface area (Å²) >= 11 is 6.95. The van der Waals surface area contributed by atoms with Crippen molar-refractivity contribution in [3.63, 3.8) is 0 Å². The SMILES string of the molecule is CSCCC(NC(=O)C(CCSC)NC(=O)C(N)C(C)C)C(=O)NC(CS)C(=O)O. The van der Waals surface area contributed by atoms with Gasteiger partial charge in [0.05, 0.1) is 6.04 Å². The van der Waals surface area contributed by atoms with Crippen LogP contribution in [0.5, 0.6) is 0 Å². The van der Waals surface area contributed by atoms with Crippen LogP contribution in [0.4, 0.5) is 0 Å². The first kappa shape index (κ1) is 28.9. The summed E-state index contributed by atoms with van der Waals surface area (Å²) in [6.07, 6.45) is 4.43. The number of hydrogen-bond donors (Lipinski definition) is 6. The maximum absolute atomic E-state index is 12.9. The van der Waals surface area contributed by atoms with Crippen LogP contribution in [0.25, 0.3) is 0 Å². The first-order valence-corrected chi connectivity index (χ1v) is 13.0. The van der Waals surface area contributed by atoms with Crippen LogP contribution in [0, 0.1) is 5.92 Å². The molecule has 0 radical (unpaired) electrons. The first-order chi connectivity index (χ1) is 14.1. The van der Waals surface area contributed by atoms with Crippen molar-refractivity contribution in [2.45, 2.75) is 50.9 Å². The van der Waals surface area contributed by atoms with Gasteiger partial charge in [-0.3, -0.25) is 14.4 Å². The lowest BCUT2D eigenvalue weighted by atomic mass is 10.0. The van der Waals surface area contributed by atoms with Crippen LogP contribution in [0.15, 0.2) is 0 Å². The number of carboxylic acids is 1. The van der Waals surface area contributed by atoms with Gasteiger partial charge < -0.3 is 26.8 Å². The van der Waals surface area contributed by atoms with Gasteiger partial charge in [-0.05, 0) is 42.8 Å². The molecule has 0 aliphatic rings. The van der Waals surface area contributed by atoms with E-state index in [0.717, 1.165) is 0 Å². The Morgan fingerprint density at radius 2 is 1.27 bits per heavy atom. The van der Waals surface area contributed by atoms with Crippen LogP contribution in [0.1, 0.15) is 26.7 Å². The van der Waals surface area contributed by atoms with Crippen LogP contribution in [-0.2, 0) is 19.2 Å². The number of amides is 3. The third-order valence-corrected chi connectivity index (χ3v) is 5.96. The summed E-state index contributed by atoms with van der Waals surface area (Å²) in [4.78, 5) is 48.9. The van der Waals surface area contributed by atoms with Gasteiger partial charge in [0.1, 0.15) is 18.1 Å². The van der Waals surface area contributed by atoms with Gasteiger partial charge in [-0.25, -0.2) is 4.79 Å². The smallest absolute Gasteiger partial charge is 0.327 e. The van der Waals surface area contributed by atoms with E-state index in [1.54, 1.807) is 0 Å². The number of thioether (sulfide) groups is 2. The largest absolute Gasteiger partial charge is 0.480 e. The number of hydrogen-bond acceptors (Lipinski definition) is 8. The number of carbonyl (C=O) groups excluding carboxylic acids is 3. The van der Waals surface area contributed by atoms with E-state index in [0.29, 0.717) is 24.3 Å². The highest BCUT2D eigenvalue weighted by Crippen LogP contribution is 2.07. The molecule has 4 unspecified atom stereocenters. The number of rotatable bonds is 15. The molecular weight excluding hydrogens is 448 g/mol. The van der Waals surface area contributed by atoms with Crippen LogP contribution in [-0.4, -0.2) is 82.7 Å². The Kier molecular flexibility index (Phi) is 15.1. The zero-order valence-electron chi connectivity index (χ0n) is 17.8. The number of carbonyl (C=O) groups is 4. The summed E-state index contributed by atoms with van der Waals surface area (Å²) < 4.78 is 0. The number of thiol groups is 1. The zero-order chi connectivity index (χ0) is 23.3. The van der Waals surface area contributed by atoms with Crippen molar-refractivity contribution in [3.8, 4) is 0 Å². The quantitative estimate of drug-likeness (QED) is 0.178. The van der Waals surface area contributed by atoms with Gasteiger partial charge in [-0.1, -0.05) is 13.8 Å². The molecule has 3 amide bonds. The van der Waals surface area contributed by atoms with Crippen LogP contribution < -0.4 is 21.7 Å². The lowest BCUT2D eigenvalue weighted by molar-refractivity contribution is -0.141. The van der Waals surface area contributed by atoms with Gasteiger partial charge in [-0.15, -0.1) is 0 Å². The monoisotopic (exact) mass is 482 g/mol. The second-order valence-electron chi connectivity index (χ2n) is 7.04. The summed E-state index contributed by atoms with van der Waals surface area (Å²) in [5, 5.41) is 16.8. The molecule has 0 aliphatic carbocycles. The van der Waals surface area contributed by atoms with Crippen molar-refractivity contribution < 1.29 is 24.3 Å². The van der Waals surface area contributed by atoms with E-state index in [9.17, 15) is 19.2 Å². The third kappa shape index (κ3) is 10.8. The fourth-order valence-electron chi connectivity index (χ4n) is 2.31. The van der Waals surface area contributed by atoms with Crippen molar-refractivity contribution in [2.75, 3.05) is 29.8 Å². The molecule has 4 atom stereocenters. The van der Waals surface area contributed by atoms with Gasteiger partial charge in [0, 0.05) is 5.75 Å². The minimum atomic E-state index is -1.21. The molecule has 0 aliphatic heterocycles. The lowest BCUT2D eigenvalue weighted by Crippen LogP contribution is -2.58. The summed E-state index contributed by atoms with van der Waals surface area (Å²) in [6.45, 7) is 3.62. The highest BCUT2D eigenvalue weighted by molar-refractivity contribution is 7.98. The summed E-state index contributed by atoms with van der Waals surface area (Å²) in [6, 6.07) is -3.69. The van der Waals surface area contributed by atoms with E-state index in [1.807, 2.05) is 26.4 Å². The van der Waals surface area contributed by atoms with Crippen LogP contribution in [0.3, 0.4) is 0 Å². The molecule has 0 fully saturated rings. The molecule has 0 saturated heterocycles. The van der Waals surface area contributed by atoms with Crippen molar-refractivity contribution in [1.29, 1.82) is 0 Å². The van der Waals surface area contributed by atoms with Crippen molar-refractivity contribution >= 4 is 59.8 Å². The highest BCUT2D eigenvalue weighted by atomic mass is 32.2. The fourth-order valence-corrected chi connectivity index (χ4v) is 3.50. The molecule has 30 heavy (non-hydrogen) atoms. The molecule has 0 spiro atoms. The molecule has 0 aromatic carbocycles. The Morgan fingerprint density at radius 1 is 0.867 bits per heavy atom. The van der Waals surface area contributed by atoms with E-state index < -0.39 is 47.9 Å². The van der Waals surface area contributed by atoms with E-state index >= 15 is 0 Å². The molecule has 9 nitrogen and oxygen atoms in total. The summed E-state index contributed by atoms with van der Waals surface area (Å²) in [5.74, 6) is -1.72. The van der Waals surface area contributed by atoms with Gasteiger partial charge in [-0.2, -0.15) is 36.2 Å². The minimum Gasteiger partial charge on any atom is -0.480 e. The highest BCUT2D eigenvalue weighted by Gasteiger charge is 2.30. The zero-order valence-corrected chi connectivity index (χ0v) is 20.4. The molecule has 12 heteroatoms. The second-order valence-corrected chi connectivity index (χ2v) is 9.37. The molecule has 0 aromatic heterocycles. The Hall–Kier alpha value is -1.11. The van der Waals surface area contributed by atoms with Gasteiger partial charge in [0.15, 0.2) is 0 Å². The first-order valence-electron chi connectivity index (χ1n) is 9.57. The summed E-state index contributed by atoms with van der Waals surface area (Å²) in [5.41, 5.74) is 5.87. The average Bonchev–Trinajstić information content (AvgIpc) is 2.70. The Bertz CT molecular complexity index is 580. The molecule has 0 saturated carbocycles. The predicted molar refractivity (Wildman–Crippen MR) is 126 cm³/mol. The standard InChI is InChI=1S/C18H34N4O5S3/c1-10(2)14(19)17(25)21-12(6-8-30-4)15(23)20-11(5-7-29-3)16(24)22-13(9-28)18(26)27/h10-14,28H,5-9,19H2,1-4H3,(H,20,23)(H,21,25)(H,22,24)(H,26,27). The molecule has 0 rings (SSSR count). The predicted octanol–water partition coefficient (Wildman–Crippen LogP) is -0.0553. The third-order valence-electron chi connectivity index (χ3n) is 4.31. The van der Waals surface area contributed by atoms with Crippen LogP contribution in [0.2, 0.25) is 0 Å². The number of carboxylic acid groups (broad SMARTS) is 1.